The van der Waals surface area contributed by atoms with Crippen molar-refractivity contribution in [2.45, 2.75) is 6.92 Å². The van der Waals surface area contributed by atoms with Crippen LogP contribution >= 0.6 is 0 Å². The van der Waals surface area contributed by atoms with Crippen LogP contribution in [0.4, 0.5) is 17.3 Å². The molecule has 0 aliphatic heterocycles. The molecule has 0 radical (unpaired) electrons. The van der Waals surface area contributed by atoms with Gasteiger partial charge in [0.1, 0.15) is 0 Å². The Kier molecular flexibility index (Phi) is 8.44. The van der Waals surface area contributed by atoms with Crippen molar-refractivity contribution in [3.05, 3.63) is 188 Å². The molecule has 0 aliphatic rings. The van der Waals surface area contributed by atoms with E-state index >= 15 is 0 Å². The summed E-state index contributed by atoms with van der Waals surface area (Å²) in [4.78, 5) is 22.6. The monoisotopic (exact) mass is 643 g/mol. The number of anilines is 3. The van der Waals surface area contributed by atoms with Crippen molar-refractivity contribution in [1.82, 2.24) is 19.9 Å². The molecule has 0 atom stereocenters. The third-order valence-corrected chi connectivity index (χ3v) is 8.61. The van der Waals surface area contributed by atoms with Gasteiger partial charge in [0.25, 0.3) is 0 Å². The van der Waals surface area contributed by atoms with Crippen LogP contribution in [0.2, 0.25) is 0 Å². The summed E-state index contributed by atoms with van der Waals surface area (Å²) in [6.45, 7) is 2.11. The van der Waals surface area contributed by atoms with E-state index in [2.05, 4.69) is 96.8 Å². The van der Waals surface area contributed by atoms with E-state index in [0.717, 1.165) is 56.1 Å². The SMILES string of the molecule is Cc1ccc(-c2ccc(N(c3cc(-c4ccccc4)nc(-c4ccccc4)c3)c3nc(-c4ccccc4)nc(-c4ccccc4)n3)cc2)cc1. The van der Waals surface area contributed by atoms with Crippen LogP contribution in [0.15, 0.2) is 182 Å². The average molecular weight is 644 g/mol. The Morgan fingerprint density at radius 3 is 1.18 bits per heavy atom. The first-order valence-corrected chi connectivity index (χ1v) is 16.6. The molecule has 6 aromatic carbocycles. The van der Waals surface area contributed by atoms with E-state index in [9.17, 15) is 0 Å². The lowest BCUT2D eigenvalue weighted by Crippen LogP contribution is -2.16. The predicted molar refractivity (Wildman–Crippen MR) is 204 cm³/mol. The van der Waals surface area contributed by atoms with Gasteiger partial charge in [-0.2, -0.15) is 9.97 Å². The summed E-state index contributed by atoms with van der Waals surface area (Å²) in [5.74, 6) is 1.69. The average Bonchev–Trinajstić information content (AvgIpc) is 3.20. The van der Waals surface area contributed by atoms with Crippen LogP contribution in [0, 0.1) is 6.92 Å². The summed E-state index contributed by atoms with van der Waals surface area (Å²) in [5, 5.41) is 0. The molecule has 238 valence electrons. The van der Waals surface area contributed by atoms with Crippen molar-refractivity contribution in [3.63, 3.8) is 0 Å². The fourth-order valence-electron chi connectivity index (χ4n) is 5.99. The molecule has 0 bridgehead atoms. The first-order chi connectivity index (χ1) is 24.7. The van der Waals surface area contributed by atoms with Crippen LogP contribution in [0.1, 0.15) is 5.56 Å². The minimum Gasteiger partial charge on any atom is -0.279 e. The summed E-state index contributed by atoms with van der Waals surface area (Å²) in [5.41, 5.74) is 10.9. The highest BCUT2D eigenvalue weighted by atomic mass is 15.3. The van der Waals surface area contributed by atoms with E-state index in [-0.39, 0.29) is 0 Å². The third-order valence-electron chi connectivity index (χ3n) is 8.61. The van der Waals surface area contributed by atoms with Crippen molar-refractivity contribution in [3.8, 4) is 56.4 Å². The fourth-order valence-corrected chi connectivity index (χ4v) is 5.99. The molecule has 0 aliphatic carbocycles. The number of pyridine rings is 1. The normalized spacial score (nSPS) is 10.9. The van der Waals surface area contributed by atoms with Gasteiger partial charge in [0.15, 0.2) is 11.6 Å². The fraction of sp³-hybridized carbons (Fsp3) is 0.0222. The predicted octanol–water partition coefficient (Wildman–Crippen LogP) is 11.4. The van der Waals surface area contributed by atoms with Gasteiger partial charge in [-0.05, 0) is 42.3 Å². The zero-order chi connectivity index (χ0) is 33.7. The van der Waals surface area contributed by atoms with Crippen molar-refractivity contribution < 1.29 is 0 Å². The summed E-state index contributed by atoms with van der Waals surface area (Å²) >= 11 is 0. The molecule has 0 amide bonds. The minimum absolute atomic E-state index is 0.505. The topological polar surface area (TPSA) is 54.8 Å². The van der Waals surface area contributed by atoms with E-state index in [1.807, 2.05) is 97.1 Å². The van der Waals surface area contributed by atoms with Gasteiger partial charge in [-0.1, -0.05) is 163 Å². The van der Waals surface area contributed by atoms with Crippen LogP contribution in [0.3, 0.4) is 0 Å². The zero-order valence-corrected chi connectivity index (χ0v) is 27.6. The van der Waals surface area contributed by atoms with Crippen LogP contribution < -0.4 is 4.90 Å². The smallest absolute Gasteiger partial charge is 0.238 e. The molecular formula is C45H33N5. The number of hydrogen-bond donors (Lipinski definition) is 0. The van der Waals surface area contributed by atoms with Gasteiger partial charge in [-0.15, -0.1) is 0 Å². The van der Waals surface area contributed by atoms with Gasteiger partial charge in [0, 0.05) is 27.9 Å². The lowest BCUT2D eigenvalue weighted by Gasteiger charge is -2.25. The molecule has 5 heteroatoms. The summed E-state index contributed by atoms with van der Waals surface area (Å²) < 4.78 is 0. The molecule has 0 spiro atoms. The second-order valence-electron chi connectivity index (χ2n) is 12.1. The Balaban J connectivity index is 1.37. The van der Waals surface area contributed by atoms with Crippen LogP contribution in [-0.2, 0) is 0 Å². The molecule has 8 rings (SSSR count). The van der Waals surface area contributed by atoms with Gasteiger partial charge in [0.05, 0.1) is 17.1 Å². The Labute approximate surface area is 292 Å². The zero-order valence-electron chi connectivity index (χ0n) is 27.6. The highest BCUT2D eigenvalue weighted by molar-refractivity contribution is 5.82. The molecule has 5 nitrogen and oxygen atoms in total. The van der Waals surface area contributed by atoms with Crippen molar-refractivity contribution >= 4 is 17.3 Å². The van der Waals surface area contributed by atoms with Crippen LogP contribution in [0.5, 0.6) is 0 Å². The highest BCUT2D eigenvalue weighted by Gasteiger charge is 2.22. The molecular weight excluding hydrogens is 611 g/mol. The Morgan fingerprint density at radius 1 is 0.340 bits per heavy atom. The number of hydrogen-bond acceptors (Lipinski definition) is 5. The van der Waals surface area contributed by atoms with E-state index in [1.165, 1.54) is 5.56 Å². The van der Waals surface area contributed by atoms with E-state index in [4.69, 9.17) is 19.9 Å². The second-order valence-corrected chi connectivity index (χ2v) is 12.1. The molecule has 0 unspecified atom stereocenters. The van der Waals surface area contributed by atoms with Crippen molar-refractivity contribution in [2.24, 2.45) is 0 Å². The molecule has 2 aromatic heterocycles. The first-order valence-electron chi connectivity index (χ1n) is 16.6. The van der Waals surface area contributed by atoms with Gasteiger partial charge in [0.2, 0.25) is 5.95 Å². The number of nitrogens with zero attached hydrogens (tertiary/aromatic N) is 5. The molecule has 0 saturated heterocycles. The lowest BCUT2D eigenvalue weighted by molar-refractivity contribution is 1.02. The molecule has 0 saturated carbocycles. The van der Waals surface area contributed by atoms with Gasteiger partial charge >= 0.3 is 0 Å². The number of aromatic nitrogens is 4. The Bertz CT molecular complexity index is 2100. The first kappa shape index (κ1) is 30.6. The van der Waals surface area contributed by atoms with Gasteiger partial charge < -0.3 is 0 Å². The second kappa shape index (κ2) is 13.8. The van der Waals surface area contributed by atoms with Gasteiger partial charge in [-0.3, -0.25) is 4.90 Å². The summed E-state index contributed by atoms with van der Waals surface area (Å²) in [7, 11) is 0. The molecule has 50 heavy (non-hydrogen) atoms. The Hall–Kier alpha value is -6.72. The van der Waals surface area contributed by atoms with E-state index < -0.39 is 0 Å². The largest absolute Gasteiger partial charge is 0.279 e. The Morgan fingerprint density at radius 2 is 0.740 bits per heavy atom. The van der Waals surface area contributed by atoms with Crippen LogP contribution in [0.25, 0.3) is 56.4 Å². The maximum atomic E-state index is 5.16. The van der Waals surface area contributed by atoms with E-state index in [1.54, 1.807) is 0 Å². The van der Waals surface area contributed by atoms with Crippen LogP contribution in [-0.4, -0.2) is 19.9 Å². The molecule has 8 aromatic rings. The maximum Gasteiger partial charge on any atom is 0.238 e. The number of aryl methyl sites for hydroxylation is 1. The standard InChI is InChI=1S/C45H33N5/c1-32-22-24-33(25-23-32)34-26-28-39(29-27-34)50(40-30-41(35-14-6-2-7-15-35)46-42(31-40)36-16-8-3-9-17-36)45-48-43(37-18-10-4-11-19-37)47-44(49-45)38-20-12-5-13-21-38/h2-31H,1H3. The summed E-state index contributed by atoms with van der Waals surface area (Å²) in [6, 6.07) is 62.1. The highest BCUT2D eigenvalue weighted by Crippen LogP contribution is 2.39. The van der Waals surface area contributed by atoms with E-state index in [0.29, 0.717) is 17.6 Å². The maximum absolute atomic E-state index is 5.16. The molecule has 0 N–H and O–H groups in total. The molecule has 0 fully saturated rings. The number of benzene rings is 6. The molecule has 2 heterocycles. The van der Waals surface area contributed by atoms with Crippen molar-refractivity contribution in [2.75, 3.05) is 4.90 Å². The summed E-state index contributed by atoms with van der Waals surface area (Å²) in [6.07, 6.45) is 0. The number of rotatable bonds is 8. The van der Waals surface area contributed by atoms with Crippen molar-refractivity contribution in [1.29, 1.82) is 0 Å². The van der Waals surface area contributed by atoms with Gasteiger partial charge in [-0.25, -0.2) is 9.97 Å². The minimum atomic E-state index is 0.505. The lowest BCUT2D eigenvalue weighted by atomic mass is 10.0. The quantitative estimate of drug-likeness (QED) is 0.165. The third kappa shape index (κ3) is 6.53.